The molecule has 2 aromatic carbocycles. The number of carbonyl (C=O) groups is 1. The maximum atomic E-state index is 12.7. The van der Waals surface area contributed by atoms with E-state index < -0.39 is 59.4 Å². The quantitative estimate of drug-likeness (QED) is 0.242. The molecule has 4 rings (SSSR count). The van der Waals surface area contributed by atoms with Crippen LogP contribution < -0.4 is 10.2 Å². The third-order valence-electron chi connectivity index (χ3n) is 5.59. The SMILES string of the molecule is CC(C)COC(=O)[C@H]1OC(Oc2cc3oc(-c4ccccc4)cc(=O)c3c(O)c2O)[C@H](O)[C@@H](O)[C@@H]1O. The Kier molecular flexibility index (Phi) is 7.18. The maximum Gasteiger partial charge on any atom is 0.338 e. The Bertz CT molecular complexity index is 1300. The van der Waals surface area contributed by atoms with Crippen molar-refractivity contribution in [1.82, 2.24) is 0 Å². The van der Waals surface area contributed by atoms with E-state index in [0.29, 0.717) is 5.56 Å². The van der Waals surface area contributed by atoms with Crippen molar-refractivity contribution in [3.63, 3.8) is 0 Å². The van der Waals surface area contributed by atoms with E-state index in [4.69, 9.17) is 18.6 Å². The zero-order valence-electron chi connectivity index (χ0n) is 19.4. The van der Waals surface area contributed by atoms with Crippen LogP contribution in [0.2, 0.25) is 0 Å². The number of ether oxygens (including phenoxy) is 3. The minimum absolute atomic E-state index is 0.00908. The first-order valence-electron chi connectivity index (χ1n) is 11.2. The molecule has 0 spiro atoms. The first-order chi connectivity index (χ1) is 17.1. The molecular weight excluding hydrogens is 476 g/mol. The molecule has 0 radical (unpaired) electrons. The van der Waals surface area contributed by atoms with Crippen LogP contribution in [0.5, 0.6) is 17.2 Å². The Labute approximate surface area is 204 Å². The van der Waals surface area contributed by atoms with Gasteiger partial charge in [-0.25, -0.2) is 4.79 Å². The summed E-state index contributed by atoms with van der Waals surface area (Å²) in [5, 5.41) is 51.5. The molecule has 11 heteroatoms. The van der Waals surface area contributed by atoms with Gasteiger partial charge in [-0.05, 0) is 5.92 Å². The largest absolute Gasteiger partial charge is 0.504 e. The van der Waals surface area contributed by atoms with E-state index in [1.165, 1.54) is 0 Å². The fourth-order valence-electron chi connectivity index (χ4n) is 3.70. The van der Waals surface area contributed by atoms with Crippen LogP contribution in [-0.4, -0.2) is 68.8 Å². The molecule has 11 nitrogen and oxygen atoms in total. The van der Waals surface area contributed by atoms with E-state index in [2.05, 4.69) is 0 Å². The second-order valence-electron chi connectivity index (χ2n) is 8.82. The number of phenols is 2. The first kappa shape index (κ1) is 25.5. The fraction of sp³-hybridized carbons (Fsp3) is 0.360. The number of fused-ring (bicyclic) bond motifs is 1. The second kappa shape index (κ2) is 10.2. The second-order valence-corrected chi connectivity index (χ2v) is 8.82. The van der Waals surface area contributed by atoms with Crippen LogP contribution in [0.1, 0.15) is 13.8 Å². The zero-order chi connectivity index (χ0) is 26.1. The standard InChI is InChI=1S/C25H26O11/c1-11(2)10-33-24(32)23-21(30)20(29)22(31)25(36-23)35-16-9-15-17(19(28)18(16)27)13(26)8-14(34-15)12-6-4-3-5-7-12/h3-9,11,20-23,25,27-31H,10H2,1-2H3/t20-,21-,22+,23-,25?/m0/s1. The van der Waals surface area contributed by atoms with Crippen LogP contribution in [0.15, 0.2) is 51.7 Å². The normalized spacial score (nSPS) is 24.1. The van der Waals surface area contributed by atoms with Crippen molar-refractivity contribution < 1.29 is 49.0 Å². The summed E-state index contributed by atoms with van der Waals surface area (Å²) in [4.78, 5) is 25.0. The minimum atomic E-state index is -1.86. The van der Waals surface area contributed by atoms with Crippen LogP contribution in [0.25, 0.3) is 22.3 Å². The summed E-state index contributed by atoms with van der Waals surface area (Å²) in [6, 6.07) is 10.9. The number of esters is 1. The Morgan fingerprint density at radius 2 is 1.69 bits per heavy atom. The molecule has 1 aromatic heterocycles. The van der Waals surface area contributed by atoms with E-state index in [9.17, 15) is 35.1 Å². The van der Waals surface area contributed by atoms with E-state index in [0.717, 1.165) is 12.1 Å². The molecule has 1 saturated heterocycles. The van der Waals surface area contributed by atoms with Gasteiger partial charge in [0.25, 0.3) is 0 Å². The highest BCUT2D eigenvalue weighted by Crippen LogP contribution is 2.42. The van der Waals surface area contributed by atoms with Crippen LogP contribution in [0.3, 0.4) is 0 Å². The van der Waals surface area contributed by atoms with Crippen molar-refractivity contribution in [3.8, 4) is 28.6 Å². The zero-order valence-corrected chi connectivity index (χ0v) is 19.4. The van der Waals surface area contributed by atoms with Gasteiger partial charge in [0.05, 0.1) is 6.61 Å². The fourth-order valence-corrected chi connectivity index (χ4v) is 3.70. The highest BCUT2D eigenvalue weighted by Gasteiger charge is 2.49. The third-order valence-corrected chi connectivity index (χ3v) is 5.59. The number of hydrogen-bond acceptors (Lipinski definition) is 11. The summed E-state index contributed by atoms with van der Waals surface area (Å²) in [7, 11) is 0. The summed E-state index contributed by atoms with van der Waals surface area (Å²) in [5.74, 6) is -2.99. The molecule has 5 N–H and O–H groups in total. The molecule has 0 aliphatic carbocycles. The van der Waals surface area contributed by atoms with E-state index in [1.807, 2.05) is 0 Å². The van der Waals surface area contributed by atoms with Gasteiger partial charge in [0.1, 0.15) is 35.0 Å². The van der Waals surface area contributed by atoms with Crippen molar-refractivity contribution in [2.75, 3.05) is 6.61 Å². The van der Waals surface area contributed by atoms with Gasteiger partial charge in [0.15, 0.2) is 23.0 Å². The first-order valence-corrected chi connectivity index (χ1v) is 11.2. The van der Waals surface area contributed by atoms with Gasteiger partial charge in [-0.3, -0.25) is 4.79 Å². The maximum absolute atomic E-state index is 12.7. The predicted octanol–water partition coefficient (Wildman–Crippen LogP) is 1.26. The lowest BCUT2D eigenvalue weighted by Gasteiger charge is -2.39. The average Bonchev–Trinajstić information content (AvgIpc) is 2.85. The number of aliphatic hydroxyl groups excluding tert-OH is 3. The summed E-state index contributed by atoms with van der Waals surface area (Å²) in [6.07, 6.45) is -9.00. The van der Waals surface area contributed by atoms with E-state index in [-0.39, 0.29) is 29.3 Å². The number of aliphatic hydroxyl groups is 3. The van der Waals surface area contributed by atoms with Crippen molar-refractivity contribution >= 4 is 16.9 Å². The van der Waals surface area contributed by atoms with Crippen LogP contribution >= 0.6 is 0 Å². The molecule has 2 heterocycles. The molecule has 1 aliphatic rings. The Hall–Kier alpha value is -3.64. The summed E-state index contributed by atoms with van der Waals surface area (Å²) in [6.45, 7) is 3.62. The van der Waals surface area contributed by atoms with Crippen LogP contribution in [-0.2, 0) is 14.3 Å². The van der Waals surface area contributed by atoms with Gasteiger partial charge < -0.3 is 44.2 Å². The van der Waals surface area contributed by atoms with Crippen LogP contribution in [0, 0.1) is 5.92 Å². The van der Waals surface area contributed by atoms with Crippen molar-refractivity contribution in [1.29, 1.82) is 0 Å². The molecule has 0 amide bonds. The van der Waals surface area contributed by atoms with Gasteiger partial charge in [-0.1, -0.05) is 44.2 Å². The van der Waals surface area contributed by atoms with Crippen molar-refractivity contribution in [2.24, 2.45) is 5.92 Å². The molecule has 5 atom stereocenters. The van der Waals surface area contributed by atoms with E-state index in [1.54, 1.807) is 44.2 Å². The van der Waals surface area contributed by atoms with Gasteiger partial charge in [0.2, 0.25) is 12.0 Å². The number of phenolic OH excluding ortho intramolecular Hbond substituents is 2. The number of benzene rings is 2. The molecule has 1 fully saturated rings. The number of carbonyl (C=O) groups excluding carboxylic acids is 1. The van der Waals surface area contributed by atoms with Gasteiger partial charge in [-0.2, -0.15) is 0 Å². The molecular formula is C25H26O11. The van der Waals surface area contributed by atoms with Gasteiger partial charge >= 0.3 is 5.97 Å². The predicted molar refractivity (Wildman–Crippen MR) is 124 cm³/mol. The van der Waals surface area contributed by atoms with Crippen LogP contribution in [0.4, 0.5) is 0 Å². The third kappa shape index (κ3) is 4.86. The Balaban J connectivity index is 1.68. The molecule has 0 saturated carbocycles. The van der Waals surface area contributed by atoms with Crippen molar-refractivity contribution in [2.45, 2.75) is 44.6 Å². The summed E-state index contributed by atoms with van der Waals surface area (Å²) >= 11 is 0. The highest BCUT2D eigenvalue weighted by molar-refractivity contribution is 5.89. The minimum Gasteiger partial charge on any atom is -0.504 e. The Morgan fingerprint density at radius 3 is 2.36 bits per heavy atom. The highest BCUT2D eigenvalue weighted by atomic mass is 16.7. The molecule has 36 heavy (non-hydrogen) atoms. The summed E-state index contributed by atoms with van der Waals surface area (Å²) in [5.41, 5.74) is -0.197. The Morgan fingerprint density at radius 1 is 1.00 bits per heavy atom. The molecule has 0 bridgehead atoms. The topological polar surface area (TPSA) is 176 Å². The molecule has 1 unspecified atom stereocenters. The lowest BCUT2D eigenvalue weighted by molar-refractivity contribution is -0.272. The lowest BCUT2D eigenvalue weighted by atomic mass is 9.99. The lowest BCUT2D eigenvalue weighted by Crippen LogP contribution is -2.61. The monoisotopic (exact) mass is 502 g/mol. The number of aromatic hydroxyl groups is 2. The smallest absolute Gasteiger partial charge is 0.338 e. The van der Waals surface area contributed by atoms with Crippen molar-refractivity contribution in [3.05, 3.63) is 52.7 Å². The number of rotatable bonds is 6. The molecule has 1 aliphatic heterocycles. The molecule has 192 valence electrons. The number of hydrogen-bond donors (Lipinski definition) is 5. The van der Waals surface area contributed by atoms with E-state index >= 15 is 0 Å². The van der Waals surface area contributed by atoms with Gasteiger partial charge in [0, 0.05) is 17.7 Å². The molecule has 3 aromatic rings. The average molecular weight is 502 g/mol. The van der Waals surface area contributed by atoms with Gasteiger partial charge in [-0.15, -0.1) is 0 Å². The summed E-state index contributed by atoms with van der Waals surface area (Å²) < 4.78 is 21.6.